The van der Waals surface area contributed by atoms with Crippen LogP contribution >= 0.6 is 0 Å². The molecule has 2 heterocycles. The number of fused-ring (bicyclic) bond motifs is 2. The van der Waals surface area contributed by atoms with Gasteiger partial charge in [0.15, 0.2) is 23.0 Å². The number of sulfone groups is 2. The van der Waals surface area contributed by atoms with Crippen LogP contribution in [0.5, 0.6) is 23.0 Å². The molecule has 2 N–H and O–H groups in total. The zero-order chi connectivity index (χ0) is 48.2. The molecule has 66 heavy (non-hydrogen) atoms. The van der Waals surface area contributed by atoms with E-state index >= 15 is 0 Å². The van der Waals surface area contributed by atoms with Crippen LogP contribution in [0.4, 0.5) is 11.4 Å². The molecule has 6 amide bonds. The van der Waals surface area contributed by atoms with Gasteiger partial charge in [-0.05, 0) is 86.3 Å². The molecule has 20 heteroatoms. The van der Waals surface area contributed by atoms with Gasteiger partial charge in [-0.2, -0.15) is 0 Å². The maximum Gasteiger partial charge on any atom is 0.264 e. The Balaban J connectivity index is 0.000000219. The summed E-state index contributed by atoms with van der Waals surface area (Å²) < 4.78 is 70.9. The second-order valence-electron chi connectivity index (χ2n) is 15.8. The molecule has 0 saturated heterocycles. The van der Waals surface area contributed by atoms with Crippen molar-refractivity contribution in [1.82, 2.24) is 9.80 Å². The molecule has 4 aromatic carbocycles. The van der Waals surface area contributed by atoms with Crippen LogP contribution in [0.3, 0.4) is 0 Å². The highest BCUT2D eigenvalue weighted by Gasteiger charge is 2.45. The molecule has 1 saturated carbocycles. The lowest BCUT2D eigenvalue weighted by molar-refractivity contribution is -0.117. The molecule has 0 unspecified atom stereocenters. The maximum absolute atomic E-state index is 13.5. The van der Waals surface area contributed by atoms with E-state index in [1.807, 2.05) is 0 Å². The van der Waals surface area contributed by atoms with Gasteiger partial charge >= 0.3 is 0 Å². The van der Waals surface area contributed by atoms with Crippen molar-refractivity contribution in [3.05, 3.63) is 106 Å². The first-order chi connectivity index (χ1) is 31.2. The molecule has 4 aromatic rings. The van der Waals surface area contributed by atoms with E-state index in [4.69, 9.17) is 18.9 Å². The number of hydrogen-bond acceptors (Lipinski definition) is 14. The summed E-state index contributed by atoms with van der Waals surface area (Å²) in [6.07, 6.45) is 3.66. The summed E-state index contributed by atoms with van der Waals surface area (Å²) in [5, 5.41) is 5.30. The Hall–Kier alpha value is -6.80. The Morgan fingerprint density at radius 2 is 1.03 bits per heavy atom. The Kier molecular flexibility index (Phi) is 14.6. The quantitative estimate of drug-likeness (QED) is 0.129. The van der Waals surface area contributed by atoms with Crippen molar-refractivity contribution >= 4 is 66.5 Å². The molecule has 2 aliphatic heterocycles. The van der Waals surface area contributed by atoms with Crippen LogP contribution in [0.15, 0.2) is 72.8 Å². The normalized spacial score (nSPS) is 15.3. The number of benzene rings is 4. The number of nitrogens with one attached hydrogen (secondary N) is 2. The van der Waals surface area contributed by atoms with Gasteiger partial charge in [-0.25, -0.2) is 16.8 Å². The maximum atomic E-state index is 13.5. The van der Waals surface area contributed by atoms with E-state index in [2.05, 4.69) is 10.6 Å². The van der Waals surface area contributed by atoms with Gasteiger partial charge in [0.05, 0.1) is 84.7 Å². The Labute approximate surface area is 382 Å². The van der Waals surface area contributed by atoms with Crippen molar-refractivity contribution in [3.63, 3.8) is 0 Å². The summed E-state index contributed by atoms with van der Waals surface area (Å²) in [6, 6.07) is 16.5. The van der Waals surface area contributed by atoms with Gasteiger partial charge < -0.3 is 29.6 Å². The zero-order valence-electron chi connectivity index (χ0n) is 37.3. The topological polar surface area (TPSA) is 238 Å². The van der Waals surface area contributed by atoms with Crippen LogP contribution in [-0.4, -0.2) is 114 Å². The Bertz CT molecular complexity index is 2840. The number of hydrogen-bond donors (Lipinski definition) is 2. The van der Waals surface area contributed by atoms with Gasteiger partial charge in [0.25, 0.3) is 23.6 Å². The fourth-order valence-electron chi connectivity index (χ4n) is 7.70. The number of rotatable bonds is 17. The molecule has 3 aliphatic rings. The Morgan fingerprint density at radius 1 is 0.621 bits per heavy atom. The molecule has 7 rings (SSSR count). The molecule has 1 aliphatic carbocycles. The molecule has 2 atom stereocenters. The van der Waals surface area contributed by atoms with Gasteiger partial charge in [-0.3, -0.25) is 38.6 Å². The van der Waals surface area contributed by atoms with E-state index in [1.54, 1.807) is 68.4 Å². The predicted molar refractivity (Wildman–Crippen MR) is 243 cm³/mol. The number of imide groups is 2. The van der Waals surface area contributed by atoms with E-state index in [1.165, 1.54) is 39.3 Å². The second kappa shape index (κ2) is 19.7. The molecule has 0 spiro atoms. The minimum absolute atomic E-state index is 0.0322. The van der Waals surface area contributed by atoms with E-state index < -0.39 is 72.8 Å². The highest BCUT2D eigenvalue weighted by Crippen LogP contribution is 2.41. The molecule has 350 valence electrons. The Morgan fingerprint density at radius 3 is 1.38 bits per heavy atom. The average molecular weight is 947 g/mol. The van der Waals surface area contributed by atoms with Gasteiger partial charge in [-0.15, -0.1) is 0 Å². The number of methoxy groups -OCH3 is 2. The third-order valence-electron chi connectivity index (χ3n) is 10.7. The van der Waals surface area contributed by atoms with E-state index in [0.29, 0.717) is 47.3 Å². The average Bonchev–Trinajstić information content (AvgIpc) is 4.03. The van der Waals surface area contributed by atoms with Crippen molar-refractivity contribution in [3.8, 4) is 23.0 Å². The van der Waals surface area contributed by atoms with Crippen molar-refractivity contribution < 1.29 is 64.6 Å². The second-order valence-corrected chi connectivity index (χ2v) is 20.1. The third kappa shape index (κ3) is 10.7. The number of carbonyl (C=O) groups is 6. The number of carbonyl (C=O) groups excluding carboxylic acids is 6. The fourth-order valence-corrected chi connectivity index (χ4v) is 9.53. The van der Waals surface area contributed by atoms with Crippen LogP contribution in [0.25, 0.3) is 0 Å². The molecule has 18 nitrogen and oxygen atoms in total. The van der Waals surface area contributed by atoms with Crippen LogP contribution in [0, 0.1) is 5.92 Å². The monoisotopic (exact) mass is 946 g/mol. The molecule has 1 fully saturated rings. The minimum atomic E-state index is -3.60. The van der Waals surface area contributed by atoms with Crippen LogP contribution in [0.2, 0.25) is 0 Å². The highest BCUT2D eigenvalue weighted by molar-refractivity contribution is 7.90. The summed E-state index contributed by atoms with van der Waals surface area (Å²) >= 11 is 0. The predicted octanol–water partition coefficient (Wildman–Crippen LogP) is 5.26. The first kappa shape index (κ1) is 48.7. The summed E-state index contributed by atoms with van der Waals surface area (Å²) in [7, 11) is -4.25. The lowest BCUT2D eigenvalue weighted by atomic mass is 10.1. The number of anilines is 2. The van der Waals surface area contributed by atoms with E-state index in [-0.39, 0.29) is 45.5 Å². The highest BCUT2D eigenvalue weighted by atomic mass is 32.2. The molecular formula is C46H50N4O14S2. The summed E-state index contributed by atoms with van der Waals surface area (Å²) in [5.41, 5.74) is 1.57. The number of ether oxygens (including phenoxy) is 4. The zero-order valence-corrected chi connectivity index (χ0v) is 39.0. The largest absolute Gasteiger partial charge is 0.493 e. The summed E-state index contributed by atoms with van der Waals surface area (Å²) in [5.74, 6) is -2.63. The van der Waals surface area contributed by atoms with Gasteiger partial charge in [0, 0.05) is 25.4 Å². The fraction of sp³-hybridized carbons (Fsp3) is 0.348. The number of nitrogens with zero attached hydrogens (tertiary/aromatic N) is 2. The van der Waals surface area contributed by atoms with Crippen molar-refractivity contribution in [2.75, 3.05) is 62.1 Å². The summed E-state index contributed by atoms with van der Waals surface area (Å²) in [4.78, 5) is 79.2. The van der Waals surface area contributed by atoms with Crippen LogP contribution in [-0.2, 0) is 29.3 Å². The van der Waals surface area contributed by atoms with Gasteiger partial charge in [0.1, 0.15) is 19.7 Å². The van der Waals surface area contributed by atoms with E-state index in [0.717, 1.165) is 35.2 Å². The smallest absolute Gasteiger partial charge is 0.264 e. The summed E-state index contributed by atoms with van der Waals surface area (Å²) in [6.45, 7) is 5.55. The molecule has 0 radical (unpaired) electrons. The lowest BCUT2D eigenvalue weighted by Crippen LogP contribution is -2.37. The number of amides is 6. The van der Waals surface area contributed by atoms with Crippen molar-refractivity contribution in [2.24, 2.45) is 5.92 Å². The van der Waals surface area contributed by atoms with E-state index in [9.17, 15) is 45.6 Å². The molecular weight excluding hydrogens is 897 g/mol. The van der Waals surface area contributed by atoms with Crippen LogP contribution < -0.4 is 29.6 Å². The SMILES string of the molecule is CCOc1cc([C@@H](CS(C)(=O)=O)N2C(=O)c3cccc(NC(=O)C4CC4)c3C2=O)ccc1OC.CCOc1cc([C@@H](CS(C)(=O)=O)N2C(=O)c3cccc(NC(C)=O)c3C2=O)ccc1OC. The first-order valence-electron chi connectivity index (χ1n) is 20.8. The van der Waals surface area contributed by atoms with Crippen molar-refractivity contribution in [2.45, 2.75) is 45.7 Å². The lowest BCUT2D eigenvalue weighted by Gasteiger charge is -2.27. The van der Waals surface area contributed by atoms with Gasteiger partial charge in [0.2, 0.25) is 11.8 Å². The van der Waals surface area contributed by atoms with Crippen LogP contribution in [0.1, 0.15) is 98.3 Å². The molecule has 0 bridgehead atoms. The molecule has 0 aromatic heterocycles. The van der Waals surface area contributed by atoms with Gasteiger partial charge in [-0.1, -0.05) is 24.3 Å². The first-order valence-corrected chi connectivity index (χ1v) is 24.9. The third-order valence-corrected chi connectivity index (χ3v) is 12.5. The minimum Gasteiger partial charge on any atom is -0.493 e. The van der Waals surface area contributed by atoms with Crippen molar-refractivity contribution in [1.29, 1.82) is 0 Å². The standard InChI is InChI=1S/C24H26N2O7S.C22H24N2O7S/c1-4-33-20-12-15(10-11-19(20)32-2)18(13-34(3,30)31)26-23(28)16-6-5-7-17(21(16)24(26)29)25-22(27)14-8-9-14;1-5-31-19-11-14(9-10-18(19)30-3)17(12-32(4,28)29)24-21(26)15-7-6-8-16(23-13(2)25)20(15)22(24)27/h5-7,10-12,14,18H,4,8-9,13H2,1-3H3,(H,25,27);6-11,17H,5,12H2,1-4H3,(H,23,25)/t18-;17-/m11/s1.